The maximum atomic E-state index is 4.32. The molecule has 19 heavy (non-hydrogen) atoms. The van der Waals surface area contributed by atoms with Gasteiger partial charge in [-0.1, -0.05) is 20.8 Å². The van der Waals surface area contributed by atoms with E-state index in [2.05, 4.69) is 44.1 Å². The molecule has 0 saturated heterocycles. The first-order valence-corrected chi connectivity index (χ1v) is 7.62. The Morgan fingerprint density at radius 2 is 1.89 bits per heavy atom. The fourth-order valence-electron chi connectivity index (χ4n) is 3.16. The third kappa shape index (κ3) is 3.95. The molecule has 0 aliphatic heterocycles. The molecule has 0 amide bonds. The van der Waals surface area contributed by atoms with Gasteiger partial charge in [0.05, 0.1) is 11.4 Å². The first-order chi connectivity index (χ1) is 8.97. The van der Waals surface area contributed by atoms with Crippen LogP contribution in [0.2, 0.25) is 0 Å². The smallest absolute Gasteiger partial charge is 0.0603 e. The number of anilines is 1. The Balaban J connectivity index is 1.79. The molecule has 1 aromatic heterocycles. The summed E-state index contributed by atoms with van der Waals surface area (Å²) in [7, 11) is 0. The van der Waals surface area contributed by atoms with Gasteiger partial charge in [-0.2, -0.15) is 0 Å². The average Bonchev–Trinajstić information content (AvgIpc) is 2.37. The Kier molecular flexibility index (Phi) is 4.49. The number of aromatic nitrogens is 1. The van der Waals surface area contributed by atoms with Crippen molar-refractivity contribution >= 4 is 5.69 Å². The van der Waals surface area contributed by atoms with E-state index < -0.39 is 0 Å². The molecule has 2 heteroatoms. The first kappa shape index (κ1) is 14.4. The number of nitrogens with zero attached hydrogens (tertiary/aromatic N) is 1. The highest BCUT2D eigenvalue weighted by Gasteiger charge is 2.29. The van der Waals surface area contributed by atoms with E-state index in [0.29, 0.717) is 5.41 Å². The van der Waals surface area contributed by atoms with Gasteiger partial charge in [-0.25, -0.2) is 0 Å². The van der Waals surface area contributed by atoms with E-state index >= 15 is 0 Å². The van der Waals surface area contributed by atoms with E-state index in [9.17, 15) is 0 Å². The third-order valence-electron chi connectivity index (χ3n) is 4.66. The molecule has 1 heterocycles. The summed E-state index contributed by atoms with van der Waals surface area (Å²) in [5, 5.41) is 3.57. The van der Waals surface area contributed by atoms with E-state index in [0.717, 1.165) is 24.1 Å². The van der Waals surface area contributed by atoms with Gasteiger partial charge in [0.25, 0.3) is 0 Å². The van der Waals surface area contributed by atoms with Crippen LogP contribution in [0.3, 0.4) is 0 Å². The van der Waals surface area contributed by atoms with Crippen LogP contribution >= 0.6 is 0 Å². The Morgan fingerprint density at radius 3 is 2.47 bits per heavy atom. The lowest BCUT2D eigenvalue weighted by Crippen LogP contribution is -2.28. The molecule has 106 valence electrons. The molecule has 1 aromatic rings. The zero-order valence-corrected chi connectivity index (χ0v) is 12.9. The summed E-state index contributed by atoms with van der Waals surface area (Å²) in [6, 6.07) is 4.13. The number of nitrogens with one attached hydrogen (secondary N) is 1. The van der Waals surface area contributed by atoms with Crippen molar-refractivity contribution in [3.8, 4) is 0 Å². The SMILES string of the molecule is Cc1ncccc1NCC1CCC(C(C)(C)C)CC1. The number of aryl methyl sites for hydroxylation is 1. The van der Waals surface area contributed by atoms with E-state index in [-0.39, 0.29) is 0 Å². The molecular weight excluding hydrogens is 232 g/mol. The number of pyridine rings is 1. The molecule has 1 aliphatic carbocycles. The van der Waals surface area contributed by atoms with Gasteiger partial charge in [0.15, 0.2) is 0 Å². The average molecular weight is 260 g/mol. The van der Waals surface area contributed by atoms with Crippen LogP contribution in [0.25, 0.3) is 0 Å². The second kappa shape index (κ2) is 5.94. The lowest BCUT2D eigenvalue weighted by atomic mass is 9.70. The van der Waals surface area contributed by atoms with Gasteiger partial charge in [0.1, 0.15) is 0 Å². The predicted octanol–water partition coefficient (Wildman–Crippen LogP) is 4.65. The molecule has 1 fully saturated rings. The highest BCUT2D eigenvalue weighted by atomic mass is 14.9. The quantitative estimate of drug-likeness (QED) is 0.855. The normalized spacial score (nSPS) is 24.2. The van der Waals surface area contributed by atoms with Crippen LogP contribution in [0.15, 0.2) is 18.3 Å². The van der Waals surface area contributed by atoms with Crippen molar-refractivity contribution in [1.82, 2.24) is 4.98 Å². The summed E-state index contributed by atoms with van der Waals surface area (Å²) >= 11 is 0. The highest BCUT2D eigenvalue weighted by Crippen LogP contribution is 2.39. The van der Waals surface area contributed by atoms with E-state index in [1.165, 1.54) is 31.4 Å². The number of rotatable bonds is 3. The van der Waals surface area contributed by atoms with Gasteiger partial charge in [-0.05, 0) is 62.0 Å². The van der Waals surface area contributed by atoms with Crippen LogP contribution in [0.4, 0.5) is 5.69 Å². The van der Waals surface area contributed by atoms with Gasteiger partial charge < -0.3 is 5.32 Å². The van der Waals surface area contributed by atoms with Crippen molar-refractivity contribution in [2.45, 2.75) is 53.4 Å². The standard InChI is InChI=1S/C17H28N2/c1-13-16(6-5-11-18-13)19-12-14-7-9-15(10-8-14)17(2,3)4/h5-6,11,14-15,19H,7-10,12H2,1-4H3. The zero-order chi connectivity index (χ0) is 13.9. The van der Waals surface area contributed by atoms with Crippen LogP contribution in [-0.2, 0) is 0 Å². The topological polar surface area (TPSA) is 24.9 Å². The van der Waals surface area contributed by atoms with Gasteiger partial charge in [0, 0.05) is 12.7 Å². The van der Waals surface area contributed by atoms with Crippen molar-refractivity contribution < 1.29 is 0 Å². The Hall–Kier alpha value is -1.05. The largest absolute Gasteiger partial charge is 0.383 e. The van der Waals surface area contributed by atoms with E-state index in [4.69, 9.17) is 0 Å². The summed E-state index contributed by atoms with van der Waals surface area (Å²) in [5.41, 5.74) is 2.78. The molecule has 2 nitrogen and oxygen atoms in total. The molecule has 0 spiro atoms. The van der Waals surface area contributed by atoms with Crippen LogP contribution in [0.1, 0.15) is 52.1 Å². The van der Waals surface area contributed by atoms with E-state index in [1.54, 1.807) is 0 Å². The van der Waals surface area contributed by atoms with Crippen molar-refractivity contribution in [3.05, 3.63) is 24.0 Å². The molecule has 0 aromatic carbocycles. The maximum Gasteiger partial charge on any atom is 0.0603 e. The van der Waals surface area contributed by atoms with Gasteiger partial charge in [-0.3, -0.25) is 4.98 Å². The Morgan fingerprint density at radius 1 is 1.21 bits per heavy atom. The van der Waals surface area contributed by atoms with Gasteiger partial charge in [0.2, 0.25) is 0 Å². The van der Waals surface area contributed by atoms with Crippen LogP contribution in [0, 0.1) is 24.2 Å². The van der Waals surface area contributed by atoms with Gasteiger partial charge in [-0.15, -0.1) is 0 Å². The minimum Gasteiger partial charge on any atom is -0.383 e. The molecule has 1 saturated carbocycles. The fourth-order valence-corrected chi connectivity index (χ4v) is 3.16. The lowest BCUT2D eigenvalue weighted by molar-refractivity contribution is 0.153. The summed E-state index contributed by atoms with van der Waals surface area (Å²) in [6.07, 6.45) is 7.38. The fraction of sp³-hybridized carbons (Fsp3) is 0.706. The minimum absolute atomic E-state index is 0.484. The Bertz CT molecular complexity index is 398. The zero-order valence-electron chi connectivity index (χ0n) is 12.9. The van der Waals surface area contributed by atoms with Crippen LogP contribution in [0.5, 0.6) is 0 Å². The molecule has 2 rings (SSSR count). The molecule has 1 N–H and O–H groups in total. The van der Waals surface area contributed by atoms with Crippen LogP contribution < -0.4 is 5.32 Å². The summed E-state index contributed by atoms with van der Waals surface area (Å²) < 4.78 is 0. The monoisotopic (exact) mass is 260 g/mol. The molecule has 0 atom stereocenters. The molecule has 1 aliphatic rings. The van der Waals surface area contributed by atoms with Crippen molar-refractivity contribution in [2.24, 2.45) is 17.3 Å². The summed E-state index contributed by atoms with van der Waals surface area (Å²) in [5.74, 6) is 1.74. The minimum atomic E-state index is 0.484. The first-order valence-electron chi connectivity index (χ1n) is 7.62. The molecule has 0 bridgehead atoms. The van der Waals surface area contributed by atoms with Crippen molar-refractivity contribution in [3.63, 3.8) is 0 Å². The maximum absolute atomic E-state index is 4.32. The molecule has 0 unspecified atom stereocenters. The summed E-state index contributed by atoms with van der Waals surface area (Å²) in [4.78, 5) is 4.32. The summed E-state index contributed by atoms with van der Waals surface area (Å²) in [6.45, 7) is 10.3. The predicted molar refractivity (Wildman–Crippen MR) is 82.4 cm³/mol. The second-order valence-electron chi connectivity index (χ2n) is 7.10. The lowest BCUT2D eigenvalue weighted by Gasteiger charge is -2.37. The van der Waals surface area contributed by atoms with Crippen molar-refractivity contribution in [1.29, 1.82) is 0 Å². The van der Waals surface area contributed by atoms with Crippen molar-refractivity contribution in [2.75, 3.05) is 11.9 Å². The number of hydrogen-bond acceptors (Lipinski definition) is 2. The highest BCUT2D eigenvalue weighted by molar-refractivity contribution is 5.46. The third-order valence-corrected chi connectivity index (χ3v) is 4.66. The molecular formula is C17H28N2. The van der Waals surface area contributed by atoms with Gasteiger partial charge >= 0.3 is 0 Å². The van der Waals surface area contributed by atoms with Crippen LogP contribution in [-0.4, -0.2) is 11.5 Å². The molecule has 0 radical (unpaired) electrons. The second-order valence-corrected chi connectivity index (χ2v) is 7.10. The Labute approximate surface area is 118 Å². The van der Waals surface area contributed by atoms with E-state index in [1.807, 2.05) is 12.3 Å². The number of hydrogen-bond donors (Lipinski definition) is 1.